The van der Waals surface area contributed by atoms with Crippen LogP contribution in [-0.2, 0) is 4.79 Å². The van der Waals surface area contributed by atoms with Crippen molar-refractivity contribution in [1.82, 2.24) is 0 Å². The molecule has 2 rings (SSSR count). The standard InChI is InChI=1S/C18H17F2NO3S/c1-23-14-9-7-12(11-15(14)24-2)8-10-17(22)21-13-5-3-4-6-16(13)25-18(19)20/h3-11,18H,1-2H3,(H,21,22)/b10-8+. The van der Waals surface area contributed by atoms with Crippen LogP contribution in [0.2, 0.25) is 0 Å². The van der Waals surface area contributed by atoms with Gasteiger partial charge in [0, 0.05) is 11.0 Å². The summed E-state index contributed by atoms with van der Waals surface area (Å²) in [6.45, 7) is 0. The van der Waals surface area contributed by atoms with Crippen molar-refractivity contribution in [3.63, 3.8) is 0 Å². The molecule has 2 aromatic carbocycles. The number of methoxy groups -OCH3 is 2. The van der Waals surface area contributed by atoms with Crippen molar-refractivity contribution >= 4 is 29.4 Å². The first-order valence-electron chi connectivity index (χ1n) is 7.28. The number of hydrogen-bond donors (Lipinski definition) is 1. The van der Waals surface area contributed by atoms with Gasteiger partial charge in [0.25, 0.3) is 5.76 Å². The second-order valence-electron chi connectivity index (χ2n) is 4.81. The predicted octanol–water partition coefficient (Wildman–Crippen LogP) is 4.67. The fraction of sp³-hybridized carbons (Fsp3) is 0.167. The summed E-state index contributed by atoms with van der Waals surface area (Å²) < 4.78 is 35.5. The Bertz CT molecular complexity index is 766. The van der Waals surface area contributed by atoms with Crippen LogP contribution in [0.5, 0.6) is 11.5 Å². The second kappa shape index (κ2) is 9.08. The summed E-state index contributed by atoms with van der Waals surface area (Å²) in [4.78, 5) is 12.4. The molecule has 132 valence electrons. The van der Waals surface area contributed by atoms with Gasteiger partial charge in [0.05, 0.1) is 19.9 Å². The normalized spacial score (nSPS) is 10.9. The van der Waals surface area contributed by atoms with Crippen molar-refractivity contribution in [3.05, 3.63) is 54.1 Å². The summed E-state index contributed by atoms with van der Waals surface area (Å²) in [5.41, 5.74) is 1.08. The van der Waals surface area contributed by atoms with Crippen molar-refractivity contribution < 1.29 is 23.0 Å². The van der Waals surface area contributed by atoms with E-state index in [1.54, 1.807) is 42.5 Å². The first-order valence-corrected chi connectivity index (χ1v) is 8.16. The van der Waals surface area contributed by atoms with Gasteiger partial charge in [-0.3, -0.25) is 4.79 Å². The van der Waals surface area contributed by atoms with Crippen LogP contribution in [0.3, 0.4) is 0 Å². The average molecular weight is 365 g/mol. The van der Waals surface area contributed by atoms with Gasteiger partial charge in [-0.25, -0.2) is 0 Å². The summed E-state index contributed by atoms with van der Waals surface area (Å²) in [7, 11) is 3.06. The second-order valence-corrected chi connectivity index (χ2v) is 5.84. The number of anilines is 1. The molecule has 0 atom stereocenters. The van der Waals surface area contributed by atoms with Gasteiger partial charge >= 0.3 is 0 Å². The Morgan fingerprint density at radius 2 is 1.84 bits per heavy atom. The van der Waals surface area contributed by atoms with Crippen LogP contribution in [-0.4, -0.2) is 25.9 Å². The van der Waals surface area contributed by atoms with Gasteiger partial charge in [0.2, 0.25) is 5.91 Å². The van der Waals surface area contributed by atoms with E-state index < -0.39 is 11.7 Å². The lowest BCUT2D eigenvalue weighted by atomic mass is 10.2. The highest BCUT2D eigenvalue weighted by molar-refractivity contribution is 7.99. The van der Waals surface area contributed by atoms with Gasteiger partial charge in [-0.1, -0.05) is 30.0 Å². The van der Waals surface area contributed by atoms with E-state index in [0.29, 0.717) is 33.8 Å². The molecule has 4 nitrogen and oxygen atoms in total. The number of nitrogens with one attached hydrogen (secondary N) is 1. The zero-order valence-corrected chi connectivity index (χ0v) is 14.5. The third-order valence-corrected chi connectivity index (χ3v) is 3.98. The number of amides is 1. The van der Waals surface area contributed by atoms with Crippen LogP contribution >= 0.6 is 11.8 Å². The number of benzene rings is 2. The highest BCUT2D eigenvalue weighted by Gasteiger charge is 2.10. The van der Waals surface area contributed by atoms with Crippen molar-refractivity contribution in [2.75, 3.05) is 19.5 Å². The minimum Gasteiger partial charge on any atom is -0.493 e. The minimum atomic E-state index is -2.56. The largest absolute Gasteiger partial charge is 0.493 e. The maximum atomic E-state index is 12.6. The van der Waals surface area contributed by atoms with Crippen molar-refractivity contribution in [3.8, 4) is 11.5 Å². The smallest absolute Gasteiger partial charge is 0.288 e. The third kappa shape index (κ3) is 5.49. The quantitative estimate of drug-likeness (QED) is 0.572. The number of hydrogen-bond acceptors (Lipinski definition) is 4. The molecule has 0 bridgehead atoms. The zero-order chi connectivity index (χ0) is 18.2. The van der Waals surface area contributed by atoms with Crippen molar-refractivity contribution in [2.45, 2.75) is 10.7 Å². The van der Waals surface area contributed by atoms with Crippen molar-refractivity contribution in [1.29, 1.82) is 0 Å². The van der Waals surface area contributed by atoms with E-state index in [1.165, 1.54) is 26.4 Å². The first-order chi connectivity index (χ1) is 12.0. The Morgan fingerprint density at radius 1 is 1.12 bits per heavy atom. The van der Waals surface area contributed by atoms with Crippen LogP contribution in [0, 0.1) is 0 Å². The number of carbonyl (C=O) groups is 1. The molecule has 0 unspecified atom stereocenters. The first kappa shape index (κ1) is 18.8. The van der Waals surface area contributed by atoms with Crippen LogP contribution in [0.1, 0.15) is 5.56 Å². The summed E-state index contributed by atoms with van der Waals surface area (Å²) in [6, 6.07) is 11.6. The molecule has 0 aliphatic rings. The molecule has 1 N–H and O–H groups in total. The predicted molar refractivity (Wildman–Crippen MR) is 95.5 cm³/mol. The van der Waals surface area contributed by atoms with Gasteiger partial charge in [0.1, 0.15) is 0 Å². The fourth-order valence-electron chi connectivity index (χ4n) is 2.07. The molecule has 0 heterocycles. The van der Waals surface area contributed by atoms with Gasteiger partial charge in [-0.2, -0.15) is 8.78 Å². The van der Waals surface area contributed by atoms with E-state index in [-0.39, 0.29) is 0 Å². The van der Waals surface area contributed by atoms with E-state index in [2.05, 4.69) is 5.32 Å². The van der Waals surface area contributed by atoms with E-state index in [1.807, 2.05) is 0 Å². The molecule has 0 aliphatic carbocycles. The molecule has 25 heavy (non-hydrogen) atoms. The average Bonchev–Trinajstić information content (AvgIpc) is 2.61. The van der Waals surface area contributed by atoms with Gasteiger partial charge < -0.3 is 14.8 Å². The Hall–Kier alpha value is -2.54. The minimum absolute atomic E-state index is 0.311. The van der Waals surface area contributed by atoms with E-state index in [9.17, 15) is 13.6 Å². The van der Waals surface area contributed by atoms with Crippen molar-refractivity contribution in [2.24, 2.45) is 0 Å². The molecule has 0 fully saturated rings. The Morgan fingerprint density at radius 3 is 2.52 bits per heavy atom. The number of halogens is 2. The summed E-state index contributed by atoms with van der Waals surface area (Å²) in [5.74, 6) is -1.84. The Balaban J connectivity index is 2.09. The molecule has 0 radical (unpaired) electrons. The number of rotatable bonds is 7. The molecule has 0 saturated heterocycles. The van der Waals surface area contributed by atoms with E-state index in [0.717, 1.165) is 5.56 Å². The van der Waals surface area contributed by atoms with E-state index in [4.69, 9.17) is 9.47 Å². The molecule has 2 aromatic rings. The molecular weight excluding hydrogens is 348 g/mol. The lowest BCUT2D eigenvalue weighted by Crippen LogP contribution is -2.08. The SMILES string of the molecule is COc1ccc(/C=C/C(=O)Nc2ccccc2SC(F)F)cc1OC. The zero-order valence-electron chi connectivity index (χ0n) is 13.7. The van der Waals surface area contributed by atoms with Crippen LogP contribution < -0.4 is 14.8 Å². The van der Waals surface area contributed by atoms with E-state index >= 15 is 0 Å². The lowest BCUT2D eigenvalue weighted by molar-refractivity contribution is -0.111. The summed E-state index contributed by atoms with van der Waals surface area (Å²) in [6.07, 6.45) is 2.92. The molecule has 0 aromatic heterocycles. The number of thioether (sulfide) groups is 1. The molecule has 0 saturated carbocycles. The van der Waals surface area contributed by atoms with Gasteiger partial charge in [-0.15, -0.1) is 0 Å². The topological polar surface area (TPSA) is 47.6 Å². The molecule has 7 heteroatoms. The molecule has 0 aliphatic heterocycles. The van der Waals surface area contributed by atoms with Gasteiger partial charge in [0.15, 0.2) is 11.5 Å². The molecule has 1 amide bonds. The maximum absolute atomic E-state index is 12.6. The van der Waals surface area contributed by atoms with Crippen LogP contribution in [0.4, 0.5) is 14.5 Å². The monoisotopic (exact) mass is 365 g/mol. The van der Waals surface area contributed by atoms with Gasteiger partial charge in [-0.05, 0) is 35.9 Å². The fourth-order valence-corrected chi connectivity index (χ4v) is 2.67. The lowest BCUT2D eigenvalue weighted by Gasteiger charge is -2.09. The number of carbonyl (C=O) groups excluding carboxylic acids is 1. The highest BCUT2D eigenvalue weighted by Crippen LogP contribution is 2.31. The number of alkyl halides is 2. The molecular formula is C18H17F2NO3S. The molecule has 0 spiro atoms. The Kier molecular flexibility index (Phi) is 6.82. The highest BCUT2D eigenvalue weighted by atomic mass is 32.2. The van der Waals surface area contributed by atoms with Crippen LogP contribution in [0.15, 0.2) is 53.4 Å². The maximum Gasteiger partial charge on any atom is 0.288 e. The number of ether oxygens (including phenoxy) is 2. The summed E-state index contributed by atoms with van der Waals surface area (Å²) >= 11 is 0.388. The van der Waals surface area contributed by atoms with Crippen LogP contribution in [0.25, 0.3) is 6.08 Å². The number of para-hydroxylation sites is 1. The third-order valence-electron chi connectivity index (χ3n) is 3.20. The summed E-state index contributed by atoms with van der Waals surface area (Å²) in [5, 5.41) is 2.60. The Labute approximate surface area is 148 Å².